The first-order chi connectivity index (χ1) is 20.2. The maximum Gasteiger partial charge on any atom is 0.280 e. The van der Waals surface area contributed by atoms with Gasteiger partial charge in [0.05, 0.1) is 23.9 Å². The van der Waals surface area contributed by atoms with Crippen LogP contribution in [0, 0.1) is 0 Å². The molecule has 0 saturated carbocycles. The van der Waals surface area contributed by atoms with E-state index in [1.54, 1.807) is 12.1 Å². The van der Waals surface area contributed by atoms with Crippen LogP contribution < -0.4 is 10.2 Å². The van der Waals surface area contributed by atoms with E-state index in [1.807, 2.05) is 12.1 Å². The molecule has 0 aliphatic carbocycles. The molecule has 1 unspecified atom stereocenters. The van der Waals surface area contributed by atoms with Gasteiger partial charge in [-0.25, -0.2) is 18.4 Å². The van der Waals surface area contributed by atoms with E-state index in [-0.39, 0.29) is 22.5 Å². The third-order valence-electron chi connectivity index (χ3n) is 7.32. The van der Waals surface area contributed by atoms with Crippen molar-refractivity contribution in [2.75, 3.05) is 70.1 Å². The number of nitrogens with zero attached hydrogens (tertiary/aromatic N) is 5. The maximum absolute atomic E-state index is 13.5. The number of aromatic nitrogens is 2. The molecule has 1 aromatic carbocycles. The Hall–Kier alpha value is -3.17. The van der Waals surface area contributed by atoms with Gasteiger partial charge < -0.3 is 24.1 Å². The predicted molar refractivity (Wildman–Crippen MR) is 162 cm³/mol. The Morgan fingerprint density at radius 3 is 2.69 bits per heavy atom. The summed E-state index contributed by atoms with van der Waals surface area (Å²) in [5.41, 5.74) is 1.10. The number of amides is 1. The van der Waals surface area contributed by atoms with Gasteiger partial charge in [0.15, 0.2) is 26.8 Å². The Morgan fingerprint density at radius 1 is 1.19 bits per heavy atom. The highest BCUT2D eigenvalue weighted by Gasteiger charge is 2.26. The number of thiazole rings is 1. The van der Waals surface area contributed by atoms with E-state index in [0.29, 0.717) is 54.9 Å². The van der Waals surface area contributed by atoms with E-state index in [1.165, 1.54) is 30.6 Å². The Morgan fingerprint density at radius 2 is 2.00 bits per heavy atom. The molecule has 0 radical (unpaired) electrons. The van der Waals surface area contributed by atoms with Crippen LogP contribution in [0.25, 0.3) is 10.3 Å². The van der Waals surface area contributed by atoms with Crippen molar-refractivity contribution in [2.24, 2.45) is 5.16 Å². The van der Waals surface area contributed by atoms with Crippen LogP contribution in [-0.2, 0) is 28.9 Å². The number of sulfone groups is 1. The van der Waals surface area contributed by atoms with Gasteiger partial charge in [-0.15, -0.1) is 0 Å². The average Bonchev–Trinajstić information content (AvgIpc) is 3.74. The highest BCUT2D eigenvalue weighted by atomic mass is 32.2. The predicted octanol–water partition coefficient (Wildman–Crippen LogP) is 2.79. The number of anilines is 2. The molecular formula is C28H36N6O6S2. The number of carbonyl (C=O) groups excluding carboxylic acids is 1. The average molecular weight is 617 g/mol. The molecule has 4 heterocycles. The summed E-state index contributed by atoms with van der Waals surface area (Å²) in [6, 6.07) is 10.4. The van der Waals surface area contributed by atoms with Gasteiger partial charge in [0.1, 0.15) is 16.2 Å². The van der Waals surface area contributed by atoms with Crippen LogP contribution >= 0.6 is 11.3 Å². The van der Waals surface area contributed by atoms with Crippen LogP contribution in [0.4, 0.5) is 10.9 Å². The van der Waals surface area contributed by atoms with Gasteiger partial charge in [0.25, 0.3) is 5.91 Å². The minimum Gasteiger partial charge on any atom is -0.389 e. The lowest BCUT2D eigenvalue weighted by Crippen LogP contribution is -2.31. The standard InChI is InChI=1S/C28H36N6O6S2/c1-33(2)20-11-13-34(17-20)24-10-9-23-27(30-24)41-28(29-23)31-26(35)25(32-40-21-12-15-39-18-21)19-5-7-22(8-6-19)42(36,37)16-4-14-38-3/h5-10,20-21H,4,11-18H2,1-3H3,(H,29,31,35)/t20?,21-/m1/s1. The fraction of sp³-hybridized carbons (Fsp3) is 0.500. The van der Waals surface area contributed by atoms with Gasteiger partial charge in [-0.1, -0.05) is 28.6 Å². The van der Waals surface area contributed by atoms with Crippen molar-refractivity contribution >= 4 is 54.1 Å². The summed E-state index contributed by atoms with van der Waals surface area (Å²) >= 11 is 1.28. The lowest BCUT2D eigenvalue weighted by molar-refractivity contribution is -0.110. The van der Waals surface area contributed by atoms with E-state index >= 15 is 0 Å². The molecule has 2 aromatic heterocycles. The van der Waals surface area contributed by atoms with Gasteiger partial charge in [-0.2, -0.15) is 0 Å². The molecular weight excluding hydrogens is 580 g/mol. The molecule has 1 amide bonds. The lowest BCUT2D eigenvalue weighted by atomic mass is 10.1. The van der Waals surface area contributed by atoms with Crippen LogP contribution in [0.1, 0.15) is 24.8 Å². The smallest absolute Gasteiger partial charge is 0.280 e. The molecule has 2 fully saturated rings. The zero-order chi connectivity index (χ0) is 29.7. The molecule has 0 spiro atoms. The quantitative estimate of drug-likeness (QED) is 0.184. The minimum absolute atomic E-state index is 0.00456. The number of ether oxygens (including phenoxy) is 2. The molecule has 2 atom stereocenters. The van der Waals surface area contributed by atoms with Gasteiger partial charge >= 0.3 is 0 Å². The Labute approximate surface area is 249 Å². The molecule has 2 aliphatic heterocycles. The molecule has 3 aromatic rings. The van der Waals surface area contributed by atoms with E-state index in [2.05, 4.69) is 39.4 Å². The van der Waals surface area contributed by atoms with E-state index in [0.717, 1.165) is 30.2 Å². The normalized spacial score (nSPS) is 19.6. The van der Waals surface area contributed by atoms with Crippen molar-refractivity contribution in [3.63, 3.8) is 0 Å². The first kappa shape index (κ1) is 30.3. The van der Waals surface area contributed by atoms with Crippen LogP contribution in [0.15, 0.2) is 46.4 Å². The second-order valence-corrected chi connectivity index (χ2v) is 13.6. The van der Waals surface area contributed by atoms with Crippen molar-refractivity contribution in [3.8, 4) is 0 Å². The number of oxime groups is 1. The fourth-order valence-corrected chi connectivity index (χ4v) is 6.96. The first-order valence-electron chi connectivity index (χ1n) is 13.9. The van der Waals surface area contributed by atoms with Gasteiger partial charge in [0.2, 0.25) is 0 Å². The molecule has 5 rings (SSSR count). The molecule has 14 heteroatoms. The Kier molecular flexibility index (Phi) is 9.68. The number of hydrogen-bond donors (Lipinski definition) is 1. The van der Waals surface area contributed by atoms with E-state index < -0.39 is 15.7 Å². The number of carbonyl (C=O) groups is 1. The molecule has 0 bridgehead atoms. The monoisotopic (exact) mass is 616 g/mol. The summed E-state index contributed by atoms with van der Waals surface area (Å²) < 4.78 is 35.7. The number of benzene rings is 1. The van der Waals surface area contributed by atoms with Crippen molar-refractivity contribution in [2.45, 2.75) is 36.3 Å². The highest BCUT2D eigenvalue weighted by Crippen LogP contribution is 2.29. The molecule has 226 valence electrons. The fourth-order valence-electron chi connectivity index (χ4n) is 4.84. The number of rotatable bonds is 12. The molecule has 42 heavy (non-hydrogen) atoms. The van der Waals surface area contributed by atoms with Crippen molar-refractivity contribution in [1.29, 1.82) is 0 Å². The van der Waals surface area contributed by atoms with E-state index in [4.69, 9.17) is 19.3 Å². The Balaban J connectivity index is 1.34. The summed E-state index contributed by atoms with van der Waals surface area (Å²) in [6.45, 7) is 3.14. The summed E-state index contributed by atoms with van der Waals surface area (Å²) in [4.78, 5) is 33.8. The van der Waals surface area contributed by atoms with Gasteiger partial charge in [-0.05, 0) is 51.2 Å². The molecule has 2 aliphatic rings. The zero-order valence-electron chi connectivity index (χ0n) is 24.0. The number of fused-ring (bicyclic) bond motifs is 1. The van der Waals surface area contributed by atoms with Gasteiger partial charge in [0, 0.05) is 44.8 Å². The first-order valence-corrected chi connectivity index (χ1v) is 16.3. The number of pyridine rings is 1. The second kappa shape index (κ2) is 13.4. The SMILES string of the molecule is COCCCS(=O)(=O)c1ccc(C(=NO[C@@H]2CCOC2)C(=O)Nc2nc3ccc(N4CCC(N(C)C)C4)nc3s2)cc1. The summed E-state index contributed by atoms with van der Waals surface area (Å²) in [5.74, 6) is 0.325. The third kappa shape index (κ3) is 7.24. The summed E-state index contributed by atoms with van der Waals surface area (Å²) in [5, 5.41) is 7.38. The van der Waals surface area contributed by atoms with Crippen LogP contribution in [-0.4, -0.2) is 107 Å². The lowest BCUT2D eigenvalue weighted by Gasteiger charge is -2.20. The van der Waals surface area contributed by atoms with E-state index in [9.17, 15) is 13.2 Å². The largest absolute Gasteiger partial charge is 0.389 e. The highest BCUT2D eigenvalue weighted by molar-refractivity contribution is 7.91. The maximum atomic E-state index is 13.5. The van der Waals surface area contributed by atoms with Gasteiger partial charge in [-0.3, -0.25) is 10.1 Å². The van der Waals surface area contributed by atoms with Crippen LogP contribution in [0.5, 0.6) is 0 Å². The van der Waals surface area contributed by atoms with Crippen molar-refractivity contribution < 1.29 is 27.5 Å². The number of nitrogens with one attached hydrogen (secondary N) is 1. The number of hydrogen-bond acceptors (Lipinski definition) is 12. The minimum atomic E-state index is -3.49. The zero-order valence-corrected chi connectivity index (χ0v) is 25.6. The summed E-state index contributed by atoms with van der Waals surface area (Å²) in [7, 11) is 2.22. The third-order valence-corrected chi connectivity index (χ3v) is 10.0. The summed E-state index contributed by atoms with van der Waals surface area (Å²) in [6.07, 6.45) is 1.86. The Bertz CT molecular complexity index is 1520. The van der Waals surface area contributed by atoms with Crippen molar-refractivity contribution in [3.05, 3.63) is 42.0 Å². The van der Waals surface area contributed by atoms with Crippen molar-refractivity contribution in [1.82, 2.24) is 14.9 Å². The number of methoxy groups -OCH3 is 1. The molecule has 1 N–H and O–H groups in total. The molecule has 2 saturated heterocycles. The topological polar surface area (TPSA) is 136 Å². The second-order valence-electron chi connectivity index (χ2n) is 10.5. The van der Waals surface area contributed by atoms with Crippen LogP contribution in [0.3, 0.4) is 0 Å². The molecule has 12 nitrogen and oxygen atoms in total. The number of likely N-dealkylation sites (N-methyl/N-ethyl adjacent to an activating group) is 1. The van der Waals surface area contributed by atoms with Crippen LogP contribution in [0.2, 0.25) is 0 Å².